The maximum atomic E-state index is 13.7. The summed E-state index contributed by atoms with van der Waals surface area (Å²) >= 11 is 0. The molecule has 1 saturated heterocycles. The van der Waals surface area contributed by atoms with Crippen molar-refractivity contribution >= 4 is 5.82 Å². The van der Waals surface area contributed by atoms with E-state index in [0.717, 1.165) is 11.6 Å². The number of piperidine rings is 1. The first-order valence-electron chi connectivity index (χ1n) is 9.13. The van der Waals surface area contributed by atoms with Gasteiger partial charge in [0.25, 0.3) is 0 Å². The number of fused-ring (bicyclic) bond motifs is 1. The molecule has 2 atom stereocenters. The van der Waals surface area contributed by atoms with Gasteiger partial charge in [-0.1, -0.05) is 0 Å². The molecule has 0 radical (unpaired) electrons. The average Bonchev–Trinajstić information content (AvgIpc) is 3.03. The van der Waals surface area contributed by atoms with E-state index in [1.165, 1.54) is 6.92 Å². The van der Waals surface area contributed by atoms with Crippen molar-refractivity contribution < 1.29 is 22.7 Å². The minimum Gasteiger partial charge on any atom is -0.507 e. The minimum absolute atomic E-state index is 0.00800. The third kappa shape index (κ3) is 3.39. The summed E-state index contributed by atoms with van der Waals surface area (Å²) in [6.07, 6.45) is -4.32. The number of anilines is 1. The molecule has 0 amide bonds. The Kier molecular flexibility index (Phi) is 4.65. The second-order valence-corrected chi connectivity index (χ2v) is 7.35. The molecular weight excluding hydrogens is 376 g/mol. The van der Waals surface area contributed by atoms with Gasteiger partial charge in [0.2, 0.25) is 0 Å². The van der Waals surface area contributed by atoms with Crippen molar-refractivity contribution in [1.29, 1.82) is 0 Å². The summed E-state index contributed by atoms with van der Waals surface area (Å²) in [5.74, 6) is 0.196. The Hall–Kier alpha value is -2.42. The minimum atomic E-state index is -4.53. The van der Waals surface area contributed by atoms with E-state index < -0.39 is 23.7 Å². The Bertz CT molecular complexity index is 879. The number of nitrogens with zero attached hydrogens (tertiary/aromatic N) is 3. The number of phenolic OH excluding ortho intramolecular Hbond substituents is 1. The van der Waals surface area contributed by atoms with Gasteiger partial charge in [-0.15, -0.1) is 10.2 Å². The quantitative estimate of drug-likeness (QED) is 0.764. The molecule has 0 aliphatic carbocycles. The smallest absolute Gasteiger partial charge is 0.416 e. The molecule has 28 heavy (non-hydrogen) atoms. The van der Waals surface area contributed by atoms with Crippen molar-refractivity contribution in [2.75, 3.05) is 24.5 Å². The summed E-state index contributed by atoms with van der Waals surface area (Å²) < 4.78 is 52.5. The zero-order chi connectivity index (χ0) is 20.1. The zero-order valence-electron chi connectivity index (χ0n) is 15.2. The normalized spacial score (nSPS) is 22.4. The van der Waals surface area contributed by atoms with Crippen LogP contribution in [0.2, 0.25) is 0 Å². The molecule has 0 unspecified atom stereocenters. The molecule has 9 heteroatoms. The van der Waals surface area contributed by atoms with Gasteiger partial charge >= 0.3 is 6.18 Å². The maximum Gasteiger partial charge on any atom is 0.416 e. The lowest BCUT2D eigenvalue weighted by molar-refractivity contribution is -0.137. The number of nitrogens with one attached hydrogen (secondary N) is 1. The van der Waals surface area contributed by atoms with Crippen molar-refractivity contribution in [3.8, 4) is 17.0 Å². The molecule has 5 nitrogen and oxygen atoms in total. The highest BCUT2D eigenvalue weighted by Crippen LogP contribution is 2.39. The van der Waals surface area contributed by atoms with Crippen LogP contribution >= 0.6 is 0 Å². The summed E-state index contributed by atoms with van der Waals surface area (Å²) in [6, 6.07) is 3.44. The van der Waals surface area contributed by atoms with Crippen LogP contribution in [0, 0.1) is 6.92 Å². The Balaban J connectivity index is 1.66. The van der Waals surface area contributed by atoms with Crippen molar-refractivity contribution in [3.05, 3.63) is 34.9 Å². The molecule has 1 aromatic heterocycles. The number of phenols is 1. The van der Waals surface area contributed by atoms with Gasteiger partial charge in [-0.3, -0.25) is 0 Å². The van der Waals surface area contributed by atoms with Crippen molar-refractivity contribution in [3.63, 3.8) is 0 Å². The Morgan fingerprint density at radius 1 is 1.18 bits per heavy atom. The number of rotatable bonds is 2. The summed E-state index contributed by atoms with van der Waals surface area (Å²) in [5, 5.41) is 21.7. The standard InChI is InChI=1S/C19H20F4N4O/c1-10-4-12(19(21,22)23)6-16(28)17(10)15-5-11-2-3-27(18(11)26-25-15)14-7-13(20)8-24-9-14/h4-6,13-14,24,28H,2-3,7-9H2,1H3/t13-,14-/m1/s1. The highest BCUT2D eigenvalue weighted by molar-refractivity contribution is 5.73. The number of aromatic nitrogens is 2. The van der Waals surface area contributed by atoms with E-state index in [0.29, 0.717) is 50.1 Å². The summed E-state index contributed by atoms with van der Waals surface area (Å²) in [6.45, 7) is 3.21. The molecular formula is C19H20F4N4O. The third-order valence-corrected chi connectivity index (χ3v) is 5.36. The van der Waals surface area contributed by atoms with Crippen LogP contribution in [0.4, 0.5) is 23.4 Å². The first-order valence-corrected chi connectivity index (χ1v) is 9.13. The van der Waals surface area contributed by atoms with E-state index in [1.54, 1.807) is 6.07 Å². The summed E-state index contributed by atoms with van der Waals surface area (Å²) in [7, 11) is 0. The van der Waals surface area contributed by atoms with E-state index in [-0.39, 0.29) is 17.2 Å². The fourth-order valence-electron chi connectivity index (χ4n) is 4.05. The zero-order valence-corrected chi connectivity index (χ0v) is 15.2. The van der Waals surface area contributed by atoms with Gasteiger partial charge in [-0.2, -0.15) is 13.2 Å². The van der Waals surface area contributed by atoms with Gasteiger partial charge < -0.3 is 15.3 Å². The van der Waals surface area contributed by atoms with Crippen LogP contribution in [0.3, 0.4) is 0 Å². The molecule has 2 aromatic rings. The van der Waals surface area contributed by atoms with Crippen molar-refractivity contribution in [2.45, 2.75) is 38.2 Å². The topological polar surface area (TPSA) is 61.3 Å². The van der Waals surface area contributed by atoms with Gasteiger partial charge in [0.05, 0.1) is 11.3 Å². The molecule has 2 aliphatic rings. The predicted molar refractivity (Wildman–Crippen MR) is 96.1 cm³/mol. The van der Waals surface area contributed by atoms with Gasteiger partial charge in [0.15, 0.2) is 5.82 Å². The number of aromatic hydroxyl groups is 1. The lowest BCUT2D eigenvalue weighted by Gasteiger charge is -2.34. The van der Waals surface area contributed by atoms with E-state index in [1.807, 2.05) is 4.90 Å². The molecule has 4 rings (SSSR count). The number of benzene rings is 1. The fraction of sp³-hybridized carbons (Fsp3) is 0.474. The summed E-state index contributed by atoms with van der Waals surface area (Å²) in [4.78, 5) is 2.03. The second kappa shape index (κ2) is 6.88. The molecule has 1 aromatic carbocycles. The van der Waals surface area contributed by atoms with Gasteiger partial charge in [0.1, 0.15) is 11.9 Å². The van der Waals surface area contributed by atoms with Gasteiger partial charge in [0, 0.05) is 43.2 Å². The van der Waals surface area contributed by atoms with E-state index in [2.05, 4.69) is 15.5 Å². The largest absolute Gasteiger partial charge is 0.507 e. The first kappa shape index (κ1) is 18.9. The molecule has 0 saturated carbocycles. The Labute approximate surface area is 159 Å². The lowest BCUT2D eigenvalue weighted by Crippen LogP contribution is -2.49. The van der Waals surface area contributed by atoms with Crippen LogP contribution in [-0.4, -0.2) is 47.2 Å². The average molecular weight is 396 g/mol. The second-order valence-electron chi connectivity index (χ2n) is 7.35. The van der Waals surface area contributed by atoms with Gasteiger partial charge in [-0.05, 0) is 37.1 Å². The van der Waals surface area contributed by atoms with Crippen LogP contribution in [0.5, 0.6) is 5.75 Å². The fourth-order valence-corrected chi connectivity index (χ4v) is 4.05. The molecule has 150 valence electrons. The maximum absolute atomic E-state index is 13.7. The van der Waals surface area contributed by atoms with E-state index in [9.17, 15) is 22.7 Å². The molecule has 0 bridgehead atoms. The molecule has 3 heterocycles. The summed E-state index contributed by atoms with van der Waals surface area (Å²) in [5.41, 5.74) is 0.828. The first-order chi connectivity index (χ1) is 13.2. The number of alkyl halides is 4. The SMILES string of the molecule is Cc1cc(C(F)(F)F)cc(O)c1-c1cc2c(nn1)N([C@H]1CNC[C@H](F)C1)CC2. The third-order valence-electron chi connectivity index (χ3n) is 5.36. The van der Waals surface area contributed by atoms with E-state index in [4.69, 9.17) is 0 Å². The van der Waals surface area contributed by atoms with Crippen LogP contribution in [0.15, 0.2) is 18.2 Å². The highest BCUT2D eigenvalue weighted by atomic mass is 19.4. The van der Waals surface area contributed by atoms with Crippen LogP contribution in [-0.2, 0) is 12.6 Å². The Morgan fingerprint density at radius 2 is 1.96 bits per heavy atom. The Morgan fingerprint density at radius 3 is 2.64 bits per heavy atom. The van der Waals surface area contributed by atoms with Crippen LogP contribution in [0.25, 0.3) is 11.3 Å². The number of aryl methyl sites for hydroxylation is 1. The van der Waals surface area contributed by atoms with Gasteiger partial charge in [-0.25, -0.2) is 4.39 Å². The molecule has 1 fully saturated rings. The number of hydrogen-bond donors (Lipinski definition) is 2. The predicted octanol–water partition coefficient (Wildman–Crippen LogP) is 3.24. The lowest BCUT2D eigenvalue weighted by atomic mass is 9.99. The highest BCUT2D eigenvalue weighted by Gasteiger charge is 2.34. The van der Waals surface area contributed by atoms with Crippen LogP contribution in [0.1, 0.15) is 23.1 Å². The molecule has 2 aliphatic heterocycles. The number of halogens is 4. The number of hydrogen-bond acceptors (Lipinski definition) is 5. The van der Waals surface area contributed by atoms with Crippen molar-refractivity contribution in [1.82, 2.24) is 15.5 Å². The monoisotopic (exact) mass is 396 g/mol. The molecule has 2 N–H and O–H groups in total. The van der Waals surface area contributed by atoms with Crippen LogP contribution < -0.4 is 10.2 Å². The van der Waals surface area contributed by atoms with E-state index >= 15 is 0 Å². The van der Waals surface area contributed by atoms with Crippen molar-refractivity contribution in [2.24, 2.45) is 0 Å². The molecule has 0 spiro atoms.